The Morgan fingerprint density at radius 3 is 2.81 bits per heavy atom. The first-order valence-corrected chi connectivity index (χ1v) is 6.41. The first-order chi connectivity index (χ1) is 9.95. The first kappa shape index (κ1) is 15.1. The molecule has 5 heteroatoms. The van der Waals surface area contributed by atoms with E-state index < -0.39 is 11.8 Å². The van der Waals surface area contributed by atoms with Crippen LogP contribution in [0.4, 0.5) is 0 Å². The Morgan fingerprint density at radius 1 is 1.48 bits per heavy atom. The minimum absolute atomic E-state index is 0.229. The highest BCUT2D eigenvalue weighted by Crippen LogP contribution is 2.21. The Kier molecular flexibility index (Phi) is 4.28. The van der Waals surface area contributed by atoms with Gasteiger partial charge in [-0.15, -0.1) is 0 Å². The van der Waals surface area contributed by atoms with Gasteiger partial charge in [-0.2, -0.15) is 5.26 Å². The van der Waals surface area contributed by atoms with Gasteiger partial charge in [-0.25, -0.2) is 4.79 Å². The molecular formula is C16H15NO4. The molecule has 0 unspecified atom stereocenters. The van der Waals surface area contributed by atoms with Crippen LogP contribution in [0, 0.1) is 23.2 Å². The molecule has 5 nitrogen and oxygen atoms in total. The number of nitrogens with zero attached hydrogens (tertiary/aromatic N) is 1. The Labute approximate surface area is 123 Å². The van der Waals surface area contributed by atoms with Crippen LogP contribution in [0.25, 0.3) is 0 Å². The maximum absolute atomic E-state index is 11.5. The Hall–Kier alpha value is -2.34. The molecule has 0 saturated carbocycles. The number of rotatable bonds is 1. The van der Waals surface area contributed by atoms with Gasteiger partial charge in [-0.1, -0.05) is 11.8 Å². The van der Waals surface area contributed by atoms with Crippen LogP contribution in [0.2, 0.25) is 0 Å². The zero-order valence-electron chi connectivity index (χ0n) is 12.1. The SMILES string of the molecule is COC(=O)c1ccc(C#C[C@H]2COC(C)(C)O2)cc1C#N. The van der Waals surface area contributed by atoms with Crippen molar-refractivity contribution in [1.82, 2.24) is 0 Å². The summed E-state index contributed by atoms with van der Waals surface area (Å²) >= 11 is 0. The molecule has 0 bridgehead atoms. The van der Waals surface area contributed by atoms with Gasteiger partial charge >= 0.3 is 5.97 Å². The van der Waals surface area contributed by atoms with E-state index in [1.165, 1.54) is 13.2 Å². The lowest BCUT2D eigenvalue weighted by Gasteiger charge is -2.14. The highest BCUT2D eigenvalue weighted by Gasteiger charge is 2.31. The second-order valence-electron chi connectivity index (χ2n) is 4.95. The van der Waals surface area contributed by atoms with Crippen LogP contribution in [-0.4, -0.2) is 31.6 Å². The molecule has 1 aliphatic rings. The third kappa shape index (κ3) is 3.61. The van der Waals surface area contributed by atoms with Crippen LogP contribution in [-0.2, 0) is 14.2 Å². The summed E-state index contributed by atoms with van der Waals surface area (Å²) in [5.41, 5.74) is 1.09. The lowest BCUT2D eigenvalue weighted by molar-refractivity contribution is -0.132. The minimum atomic E-state index is -0.619. The van der Waals surface area contributed by atoms with E-state index in [9.17, 15) is 4.79 Å². The highest BCUT2D eigenvalue weighted by molar-refractivity contribution is 5.92. The average molecular weight is 285 g/mol. The van der Waals surface area contributed by atoms with Crippen molar-refractivity contribution >= 4 is 5.97 Å². The van der Waals surface area contributed by atoms with Crippen LogP contribution in [0.3, 0.4) is 0 Å². The fraction of sp³-hybridized carbons (Fsp3) is 0.375. The molecule has 1 aliphatic heterocycles. The van der Waals surface area contributed by atoms with E-state index in [2.05, 4.69) is 16.6 Å². The van der Waals surface area contributed by atoms with Crippen molar-refractivity contribution in [3.63, 3.8) is 0 Å². The summed E-state index contributed by atoms with van der Waals surface area (Å²) in [4.78, 5) is 11.5. The van der Waals surface area contributed by atoms with E-state index in [-0.39, 0.29) is 17.2 Å². The lowest BCUT2D eigenvalue weighted by Crippen LogP contribution is -2.20. The van der Waals surface area contributed by atoms with E-state index in [1.54, 1.807) is 12.1 Å². The normalized spacial score (nSPS) is 19.2. The van der Waals surface area contributed by atoms with E-state index in [0.717, 1.165) is 0 Å². The van der Waals surface area contributed by atoms with Gasteiger partial charge < -0.3 is 14.2 Å². The van der Waals surface area contributed by atoms with Gasteiger partial charge in [0.2, 0.25) is 0 Å². The summed E-state index contributed by atoms with van der Waals surface area (Å²) in [5, 5.41) is 9.08. The number of nitriles is 1. The summed E-state index contributed by atoms with van der Waals surface area (Å²) in [5.74, 6) is 4.71. The molecule has 1 aromatic rings. The van der Waals surface area contributed by atoms with Crippen molar-refractivity contribution < 1.29 is 19.0 Å². The summed E-state index contributed by atoms with van der Waals surface area (Å²) < 4.78 is 15.6. The predicted octanol–water partition coefficient (Wildman–Crippen LogP) is 1.85. The van der Waals surface area contributed by atoms with E-state index >= 15 is 0 Å². The molecule has 108 valence electrons. The molecular weight excluding hydrogens is 270 g/mol. The quantitative estimate of drug-likeness (QED) is 0.582. The number of esters is 1. The van der Waals surface area contributed by atoms with Crippen molar-refractivity contribution in [3.8, 4) is 17.9 Å². The molecule has 0 aromatic heterocycles. The van der Waals surface area contributed by atoms with Crippen molar-refractivity contribution in [1.29, 1.82) is 5.26 Å². The molecule has 1 aromatic carbocycles. The molecule has 0 aliphatic carbocycles. The largest absolute Gasteiger partial charge is 0.465 e. The second kappa shape index (κ2) is 5.97. The predicted molar refractivity (Wildman–Crippen MR) is 74.3 cm³/mol. The van der Waals surface area contributed by atoms with Gasteiger partial charge in [0.1, 0.15) is 12.2 Å². The van der Waals surface area contributed by atoms with Crippen molar-refractivity contribution in [3.05, 3.63) is 34.9 Å². The molecule has 1 atom stereocenters. The summed E-state index contributed by atoms with van der Waals surface area (Å²) in [6.45, 7) is 4.06. The zero-order chi connectivity index (χ0) is 15.5. The van der Waals surface area contributed by atoms with Gasteiger partial charge in [-0.3, -0.25) is 0 Å². The third-order valence-corrected chi connectivity index (χ3v) is 2.93. The second-order valence-corrected chi connectivity index (χ2v) is 4.95. The molecule has 1 fully saturated rings. The molecule has 1 saturated heterocycles. The highest BCUT2D eigenvalue weighted by atomic mass is 16.7. The van der Waals surface area contributed by atoms with Crippen molar-refractivity contribution in [2.24, 2.45) is 0 Å². The van der Waals surface area contributed by atoms with Crippen LogP contribution >= 0.6 is 0 Å². The Balaban J connectivity index is 2.20. The number of ether oxygens (including phenoxy) is 3. The van der Waals surface area contributed by atoms with Gasteiger partial charge in [0.15, 0.2) is 5.79 Å². The summed E-state index contributed by atoms with van der Waals surface area (Å²) in [6, 6.07) is 6.72. The molecule has 1 heterocycles. The Morgan fingerprint density at radius 2 is 2.24 bits per heavy atom. The fourth-order valence-electron chi connectivity index (χ4n) is 1.92. The number of carbonyl (C=O) groups excluding carboxylic acids is 1. The van der Waals surface area contributed by atoms with Crippen molar-refractivity contribution in [2.75, 3.05) is 13.7 Å². The number of carbonyl (C=O) groups is 1. The minimum Gasteiger partial charge on any atom is -0.465 e. The summed E-state index contributed by atoms with van der Waals surface area (Å²) in [6.07, 6.45) is -0.300. The van der Waals surface area contributed by atoms with Gasteiger partial charge in [0.25, 0.3) is 0 Å². The number of methoxy groups -OCH3 is 1. The zero-order valence-corrected chi connectivity index (χ0v) is 12.1. The third-order valence-electron chi connectivity index (χ3n) is 2.93. The number of hydrogen-bond donors (Lipinski definition) is 0. The standard InChI is InChI=1S/C16H15NO4/c1-16(2)20-10-13(21-16)6-4-11-5-7-14(15(18)19-3)12(8-11)9-17/h5,7-8,13H,10H2,1-3H3/t13-/m0/s1. The van der Waals surface area contributed by atoms with Gasteiger partial charge in [-0.05, 0) is 32.0 Å². The smallest absolute Gasteiger partial charge is 0.339 e. The van der Waals surface area contributed by atoms with E-state index in [0.29, 0.717) is 12.2 Å². The van der Waals surface area contributed by atoms with Crippen LogP contribution < -0.4 is 0 Å². The molecule has 0 radical (unpaired) electrons. The van der Waals surface area contributed by atoms with Gasteiger partial charge in [0, 0.05) is 5.56 Å². The van der Waals surface area contributed by atoms with E-state index in [1.807, 2.05) is 19.9 Å². The fourth-order valence-corrected chi connectivity index (χ4v) is 1.92. The van der Waals surface area contributed by atoms with Crippen LogP contribution in [0.5, 0.6) is 0 Å². The molecule has 21 heavy (non-hydrogen) atoms. The molecule has 2 rings (SSSR count). The maximum atomic E-state index is 11.5. The average Bonchev–Trinajstić information content (AvgIpc) is 2.83. The van der Waals surface area contributed by atoms with Gasteiger partial charge in [0.05, 0.1) is 24.8 Å². The molecule has 0 N–H and O–H groups in total. The monoisotopic (exact) mass is 285 g/mol. The van der Waals surface area contributed by atoms with Crippen molar-refractivity contribution in [2.45, 2.75) is 25.7 Å². The lowest BCUT2D eigenvalue weighted by atomic mass is 10.0. The maximum Gasteiger partial charge on any atom is 0.339 e. The molecule has 0 amide bonds. The number of hydrogen-bond acceptors (Lipinski definition) is 5. The van der Waals surface area contributed by atoms with Crippen LogP contribution in [0.15, 0.2) is 18.2 Å². The van der Waals surface area contributed by atoms with Crippen LogP contribution in [0.1, 0.15) is 35.3 Å². The number of benzene rings is 1. The van der Waals surface area contributed by atoms with E-state index in [4.69, 9.17) is 14.7 Å². The Bertz CT molecular complexity index is 661. The topological polar surface area (TPSA) is 68.6 Å². The summed E-state index contributed by atoms with van der Waals surface area (Å²) in [7, 11) is 1.27. The molecule has 0 spiro atoms. The first-order valence-electron chi connectivity index (χ1n) is 6.41.